The quantitative estimate of drug-likeness (QED) is 0.855. The van der Waals surface area contributed by atoms with Gasteiger partial charge in [0.2, 0.25) is 5.91 Å². The van der Waals surface area contributed by atoms with E-state index in [1.807, 2.05) is 12.3 Å². The molecule has 2 N–H and O–H groups in total. The summed E-state index contributed by atoms with van der Waals surface area (Å²) in [6, 6.07) is 0. The predicted molar refractivity (Wildman–Crippen MR) is 68.9 cm³/mol. The second-order valence-electron chi connectivity index (χ2n) is 4.70. The van der Waals surface area contributed by atoms with Gasteiger partial charge in [-0.25, -0.2) is 4.98 Å². The molecule has 4 nitrogen and oxygen atoms in total. The van der Waals surface area contributed by atoms with Gasteiger partial charge >= 0.3 is 0 Å². The number of aromatic nitrogens is 1. The third kappa shape index (κ3) is 2.66. The van der Waals surface area contributed by atoms with Gasteiger partial charge in [0.05, 0.1) is 11.5 Å². The van der Waals surface area contributed by atoms with E-state index in [1.54, 1.807) is 17.5 Å². The van der Waals surface area contributed by atoms with Crippen LogP contribution < -0.4 is 10.6 Å². The third-order valence-electron chi connectivity index (χ3n) is 3.44. The van der Waals surface area contributed by atoms with Crippen molar-refractivity contribution in [2.75, 3.05) is 13.1 Å². The average Bonchev–Trinajstić information content (AvgIpc) is 3.01. The molecule has 0 aromatic carbocycles. The Morgan fingerprint density at radius 2 is 2.59 bits per heavy atom. The fraction of sp³-hybridized carbons (Fsp3) is 0.667. The molecule has 1 aliphatic heterocycles. The molecule has 2 unspecified atom stereocenters. The molecule has 17 heavy (non-hydrogen) atoms. The Labute approximate surface area is 106 Å². The summed E-state index contributed by atoms with van der Waals surface area (Å²) < 4.78 is 0. The van der Waals surface area contributed by atoms with Crippen LogP contribution in [0, 0.1) is 5.92 Å². The van der Waals surface area contributed by atoms with E-state index in [4.69, 9.17) is 0 Å². The zero-order chi connectivity index (χ0) is 12.3. The molecular formula is C12H19N3OS. The molecule has 5 heteroatoms. The van der Waals surface area contributed by atoms with Crippen LogP contribution in [0.2, 0.25) is 0 Å². The highest BCUT2D eigenvalue weighted by molar-refractivity contribution is 7.09. The minimum atomic E-state index is -0.326. The van der Waals surface area contributed by atoms with E-state index in [9.17, 15) is 4.79 Å². The first-order chi connectivity index (χ1) is 8.15. The van der Waals surface area contributed by atoms with Gasteiger partial charge in [-0.3, -0.25) is 4.79 Å². The summed E-state index contributed by atoms with van der Waals surface area (Å²) >= 11 is 1.60. The van der Waals surface area contributed by atoms with Gasteiger partial charge in [0.1, 0.15) is 5.01 Å². The van der Waals surface area contributed by atoms with Crippen molar-refractivity contribution in [3.8, 4) is 0 Å². The molecule has 0 aliphatic carbocycles. The molecule has 0 bridgehead atoms. The smallest absolute Gasteiger partial charge is 0.225 e. The maximum absolute atomic E-state index is 12.1. The molecule has 1 saturated heterocycles. The minimum absolute atomic E-state index is 0.112. The fourth-order valence-corrected chi connectivity index (χ4v) is 2.87. The lowest BCUT2D eigenvalue weighted by molar-refractivity contribution is -0.126. The van der Waals surface area contributed by atoms with E-state index in [-0.39, 0.29) is 17.4 Å². The summed E-state index contributed by atoms with van der Waals surface area (Å²) in [6.07, 6.45) is 3.58. The first-order valence-corrected chi connectivity index (χ1v) is 6.96. The average molecular weight is 253 g/mol. The lowest BCUT2D eigenvalue weighted by Crippen LogP contribution is -2.46. The van der Waals surface area contributed by atoms with E-state index in [0.717, 1.165) is 30.9 Å². The monoisotopic (exact) mass is 253 g/mol. The molecule has 1 aromatic heterocycles. The van der Waals surface area contributed by atoms with Gasteiger partial charge in [-0.15, -0.1) is 11.3 Å². The first-order valence-electron chi connectivity index (χ1n) is 6.08. The zero-order valence-electron chi connectivity index (χ0n) is 10.3. The van der Waals surface area contributed by atoms with Crippen LogP contribution in [0.4, 0.5) is 0 Å². The summed E-state index contributed by atoms with van der Waals surface area (Å²) in [6.45, 7) is 5.86. The van der Waals surface area contributed by atoms with Gasteiger partial charge < -0.3 is 10.6 Å². The van der Waals surface area contributed by atoms with E-state index in [2.05, 4.69) is 22.5 Å². The molecule has 2 rings (SSSR count). The summed E-state index contributed by atoms with van der Waals surface area (Å²) in [4.78, 5) is 16.5. The number of nitrogens with one attached hydrogen (secondary N) is 2. The lowest BCUT2D eigenvalue weighted by atomic mass is 9.97. The van der Waals surface area contributed by atoms with Gasteiger partial charge in [-0.1, -0.05) is 6.92 Å². The van der Waals surface area contributed by atoms with Crippen LogP contribution in [0.15, 0.2) is 11.6 Å². The van der Waals surface area contributed by atoms with Crippen molar-refractivity contribution in [2.45, 2.75) is 32.2 Å². The Morgan fingerprint density at radius 1 is 1.76 bits per heavy atom. The number of hydrogen-bond donors (Lipinski definition) is 2. The highest BCUT2D eigenvalue weighted by Crippen LogP contribution is 2.27. The van der Waals surface area contributed by atoms with Crippen molar-refractivity contribution in [1.82, 2.24) is 15.6 Å². The SMILES string of the molecule is CCC(C)(NC(=O)C1CCNC1)c1nccs1. The number of nitrogens with zero attached hydrogens (tertiary/aromatic N) is 1. The van der Waals surface area contributed by atoms with Crippen molar-refractivity contribution >= 4 is 17.2 Å². The van der Waals surface area contributed by atoms with E-state index < -0.39 is 0 Å². The predicted octanol–water partition coefficient (Wildman–Crippen LogP) is 1.49. The highest BCUT2D eigenvalue weighted by atomic mass is 32.1. The van der Waals surface area contributed by atoms with Gasteiger partial charge in [0.25, 0.3) is 0 Å². The lowest BCUT2D eigenvalue weighted by Gasteiger charge is -2.28. The fourth-order valence-electron chi connectivity index (χ4n) is 2.04. The largest absolute Gasteiger partial charge is 0.344 e. The molecule has 1 aromatic rings. The van der Waals surface area contributed by atoms with Crippen LogP contribution in [0.5, 0.6) is 0 Å². The second-order valence-corrected chi connectivity index (χ2v) is 5.60. The number of rotatable bonds is 4. The number of carbonyl (C=O) groups is 1. The molecule has 2 heterocycles. The van der Waals surface area contributed by atoms with Gasteiger partial charge in [0, 0.05) is 18.1 Å². The van der Waals surface area contributed by atoms with E-state index in [0.29, 0.717) is 0 Å². The van der Waals surface area contributed by atoms with Crippen molar-refractivity contribution < 1.29 is 4.79 Å². The van der Waals surface area contributed by atoms with Crippen LogP contribution in [-0.4, -0.2) is 24.0 Å². The molecule has 94 valence electrons. The maximum atomic E-state index is 12.1. The summed E-state index contributed by atoms with van der Waals surface area (Å²) in [5, 5.41) is 9.31. The topological polar surface area (TPSA) is 54.0 Å². The maximum Gasteiger partial charge on any atom is 0.225 e. The molecular weight excluding hydrogens is 234 g/mol. The summed E-state index contributed by atoms with van der Waals surface area (Å²) in [5.41, 5.74) is -0.326. The number of amides is 1. The molecule has 1 amide bonds. The van der Waals surface area contributed by atoms with Crippen molar-refractivity contribution in [3.05, 3.63) is 16.6 Å². The van der Waals surface area contributed by atoms with Crippen molar-refractivity contribution in [2.24, 2.45) is 5.92 Å². The second kappa shape index (κ2) is 5.14. The summed E-state index contributed by atoms with van der Waals surface area (Å²) in [5.74, 6) is 0.260. The Kier molecular flexibility index (Phi) is 3.79. The number of carbonyl (C=O) groups excluding carboxylic acids is 1. The normalized spacial score (nSPS) is 23.3. The molecule has 0 saturated carbocycles. The zero-order valence-corrected chi connectivity index (χ0v) is 11.1. The van der Waals surface area contributed by atoms with Crippen LogP contribution in [0.3, 0.4) is 0 Å². The Bertz CT molecular complexity index is 373. The van der Waals surface area contributed by atoms with Gasteiger partial charge in [0.15, 0.2) is 0 Å². The van der Waals surface area contributed by atoms with Gasteiger partial charge in [-0.2, -0.15) is 0 Å². The summed E-state index contributed by atoms with van der Waals surface area (Å²) in [7, 11) is 0. The standard InChI is InChI=1S/C12H19N3OS/c1-3-12(2,11-14-6-7-17-11)15-10(16)9-4-5-13-8-9/h6-7,9,13H,3-5,8H2,1-2H3,(H,15,16). The first kappa shape index (κ1) is 12.5. The Hall–Kier alpha value is -0.940. The van der Waals surface area contributed by atoms with Crippen LogP contribution in [-0.2, 0) is 10.3 Å². The molecule has 0 radical (unpaired) electrons. The molecule has 0 spiro atoms. The van der Waals surface area contributed by atoms with E-state index in [1.165, 1.54) is 0 Å². The minimum Gasteiger partial charge on any atom is -0.344 e. The number of thiazole rings is 1. The third-order valence-corrected chi connectivity index (χ3v) is 4.48. The molecule has 1 fully saturated rings. The van der Waals surface area contributed by atoms with Crippen molar-refractivity contribution in [3.63, 3.8) is 0 Å². The van der Waals surface area contributed by atoms with Gasteiger partial charge in [-0.05, 0) is 26.3 Å². The van der Waals surface area contributed by atoms with Crippen LogP contribution in [0.1, 0.15) is 31.7 Å². The Balaban J connectivity index is 2.06. The number of hydrogen-bond acceptors (Lipinski definition) is 4. The molecule has 1 aliphatic rings. The van der Waals surface area contributed by atoms with Crippen LogP contribution in [0.25, 0.3) is 0 Å². The van der Waals surface area contributed by atoms with Crippen molar-refractivity contribution in [1.29, 1.82) is 0 Å². The molecule has 2 atom stereocenters. The van der Waals surface area contributed by atoms with Crippen LogP contribution >= 0.6 is 11.3 Å². The van der Waals surface area contributed by atoms with E-state index >= 15 is 0 Å². The highest BCUT2D eigenvalue weighted by Gasteiger charge is 2.32. The Morgan fingerprint density at radius 3 is 3.12 bits per heavy atom.